The first-order chi connectivity index (χ1) is 12.5. The predicted octanol–water partition coefficient (Wildman–Crippen LogP) is 3.62. The van der Waals surface area contributed by atoms with E-state index in [1.54, 1.807) is 23.6 Å². The number of rotatable bonds is 4. The van der Waals surface area contributed by atoms with Crippen molar-refractivity contribution in [3.63, 3.8) is 0 Å². The first kappa shape index (κ1) is 18.5. The largest absolute Gasteiger partial charge is 0.452 e. The summed E-state index contributed by atoms with van der Waals surface area (Å²) in [5.74, 6) is -0.392. The number of ether oxygens (including phenoxy) is 1. The van der Waals surface area contributed by atoms with E-state index in [4.69, 9.17) is 9.26 Å². The smallest absolute Gasteiger partial charge is 0.344 e. The average Bonchev–Trinajstić information content (AvgIpc) is 2.92. The van der Waals surface area contributed by atoms with E-state index in [9.17, 15) is 9.59 Å². The number of nitrogens with zero attached hydrogens (tertiary/aromatic N) is 2. The highest BCUT2D eigenvalue weighted by atomic mass is 32.2. The van der Waals surface area contributed by atoms with Crippen LogP contribution in [-0.2, 0) is 16.0 Å². The second-order valence-electron chi connectivity index (χ2n) is 6.22. The molecule has 2 aromatic rings. The molecule has 0 bridgehead atoms. The summed E-state index contributed by atoms with van der Waals surface area (Å²) < 4.78 is 10.3. The normalized spacial score (nSPS) is 16.7. The Morgan fingerprint density at radius 2 is 2.15 bits per heavy atom. The van der Waals surface area contributed by atoms with Crippen LogP contribution in [0.5, 0.6) is 0 Å². The minimum atomic E-state index is -0.570. The molecule has 1 atom stereocenters. The van der Waals surface area contributed by atoms with Crippen molar-refractivity contribution in [3.05, 3.63) is 41.3 Å². The average molecular weight is 374 g/mol. The van der Waals surface area contributed by atoms with Crippen LogP contribution in [-0.4, -0.2) is 35.4 Å². The van der Waals surface area contributed by atoms with Crippen LogP contribution in [0.3, 0.4) is 0 Å². The zero-order valence-corrected chi connectivity index (χ0v) is 16.0. The van der Waals surface area contributed by atoms with Crippen molar-refractivity contribution in [2.45, 2.75) is 43.8 Å². The first-order valence-corrected chi connectivity index (χ1v) is 9.57. The lowest BCUT2D eigenvalue weighted by atomic mass is 10.1. The monoisotopic (exact) mass is 374 g/mol. The molecule has 0 fully saturated rings. The van der Waals surface area contributed by atoms with Gasteiger partial charge in [0.15, 0.2) is 6.61 Å². The van der Waals surface area contributed by atoms with Gasteiger partial charge in [0.05, 0.1) is 11.4 Å². The molecule has 7 heteroatoms. The summed E-state index contributed by atoms with van der Waals surface area (Å²) in [5.41, 5.74) is 1.74. The minimum absolute atomic E-state index is 0.229. The Labute approximate surface area is 156 Å². The van der Waals surface area contributed by atoms with Crippen LogP contribution in [0, 0.1) is 6.92 Å². The number of anilines is 1. The molecule has 1 aromatic carbocycles. The third-order valence-electron chi connectivity index (χ3n) is 4.34. The molecule has 3 rings (SSSR count). The highest BCUT2D eigenvalue weighted by Gasteiger charge is 2.26. The van der Waals surface area contributed by atoms with Crippen LogP contribution in [0.4, 0.5) is 5.69 Å². The predicted molar refractivity (Wildman–Crippen MR) is 99.6 cm³/mol. The molecule has 1 aliphatic rings. The number of esters is 1. The molecular weight excluding hydrogens is 352 g/mol. The lowest BCUT2D eigenvalue weighted by Gasteiger charge is -2.22. The summed E-state index contributed by atoms with van der Waals surface area (Å²) in [7, 11) is 0. The van der Waals surface area contributed by atoms with Gasteiger partial charge in [0, 0.05) is 16.7 Å². The van der Waals surface area contributed by atoms with E-state index < -0.39 is 5.97 Å². The van der Waals surface area contributed by atoms with Gasteiger partial charge in [0.2, 0.25) is 0 Å². The summed E-state index contributed by atoms with van der Waals surface area (Å²) in [5, 5.41) is 4.27. The summed E-state index contributed by atoms with van der Waals surface area (Å²) in [4.78, 5) is 27.9. The minimum Gasteiger partial charge on any atom is -0.452 e. The zero-order chi connectivity index (χ0) is 18.7. The van der Waals surface area contributed by atoms with Gasteiger partial charge in [-0.05, 0) is 31.9 Å². The number of carbonyl (C=O) groups excluding carboxylic acids is 2. The van der Waals surface area contributed by atoms with E-state index in [1.165, 1.54) is 0 Å². The molecule has 6 nitrogen and oxygen atoms in total. The summed E-state index contributed by atoms with van der Waals surface area (Å²) in [6, 6.07) is 7.82. The number of fused-ring (bicyclic) bond motifs is 1. The Morgan fingerprint density at radius 3 is 2.92 bits per heavy atom. The molecule has 1 unspecified atom stereocenters. The van der Waals surface area contributed by atoms with E-state index in [2.05, 4.69) is 12.1 Å². The SMILES string of the molecule is CCc1noc(C)c1C(=O)OCC(=O)N1CCC(C)Sc2ccccc21. The van der Waals surface area contributed by atoms with Gasteiger partial charge in [-0.15, -0.1) is 11.8 Å². The number of hydrogen-bond acceptors (Lipinski definition) is 6. The number of aryl methyl sites for hydroxylation is 2. The summed E-state index contributed by atoms with van der Waals surface area (Å²) in [6.45, 7) is 5.99. The topological polar surface area (TPSA) is 72.6 Å². The highest BCUT2D eigenvalue weighted by molar-refractivity contribution is 8.00. The molecule has 138 valence electrons. The van der Waals surface area contributed by atoms with E-state index >= 15 is 0 Å². The Balaban J connectivity index is 1.72. The fraction of sp³-hybridized carbons (Fsp3) is 0.421. The van der Waals surface area contributed by atoms with E-state index in [-0.39, 0.29) is 12.5 Å². The zero-order valence-electron chi connectivity index (χ0n) is 15.2. The van der Waals surface area contributed by atoms with Crippen molar-refractivity contribution >= 4 is 29.3 Å². The number of amides is 1. The lowest BCUT2D eigenvalue weighted by molar-refractivity contribution is -0.121. The maximum atomic E-state index is 12.7. The van der Waals surface area contributed by atoms with Crippen LogP contribution in [0.15, 0.2) is 33.7 Å². The Morgan fingerprint density at radius 1 is 1.38 bits per heavy atom. The lowest BCUT2D eigenvalue weighted by Crippen LogP contribution is -2.35. The molecule has 1 aromatic heterocycles. The van der Waals surface area contributed by atoms with E-state index in [1.807, 2.05) is 31.2 Å². The number of thioether (sulfide) groups is 1. The Kier molecular flexibility index (Phi) is 5.66. The van der Waals surface area contributed by atoms with Crippen molar-refractivity contribution in [1.29, 1.82) is 0 Å². The second-order valence-corrected chi connectivity index (χ2v) is 7.70. The Hall–Kier alpha value is -2.28. The van der Waals surface area contributed by atoms with Crippen LogP contribution < -0.4 is 4.90 Å². The molecule has 1 aliphatic heterocycles. The van der Waals surface area contributed by atoms with Gasteiger partial charge >= 0.3 is 5.97 Å². The number of aromatic nitrogens is 1. The fourth-order valence-electron chi connectivity index (χ4n) is 2.94. The molecule has 0 radical (unpaired) electrons. The van der Waals surface area contributed by atoms with Gasteiger partial charge in [0.25, 0.3) is 5.91 Å². The van der Waals surface area contributed by atoms with Crippen molar-refractivity contribution < 1.29 is 18.8 Å². The second kappa shape index (κ2) is 7.95. The van der Waals surface area contributed by atoms with Crippen molar-refractivity contribution in [2.75, 3.05) is 18.1 Å². The summed E-state index contributed by atoms with van der Waals surface area (Å²) in [6.07, 6.45) is 1.44. The molecule has 0 saturated carbocycles. The molecule has 1 amide bonds. The molecule has 2 heterocycles. The van der Waals surface area contributed by atoms with Crippen LogP contribution >= 0.6 is 11.8 Å². The standard InChI is InChI=1S/C19H22N2O4S/c1-4-14-18(13(3)25-20-14)19(23)24-11-17(22)21-10-9-12(2)26-16-8-6-5-7-15(16)21/h5-8,12H,4,9-11H2,1-3H3. The summed E-state index contributed by atoms with van der Waals surface area (Å²) >= 11 is 1.76. The molecule has 0 saturated heterocycles. The van der Waals surface area contributed by atoms with Crippen LogP contribution in [0.1, 0.15) is 42.1 Å². The van der Waals surface area contributed by atoms with Crippen molar-refractivity contribution in [3.8, 4) is 0 Å². The van der Waals surface area contributed by atoms with Gasteiger partial charge in [0.1, 0.15) is 11.3 Å². The number of hydrogen-bond donors (Lipinski definition) is 0. The third kappa shape index (κ3) is 3.77. The number of para-hydroxylation sites is 1. The van der Waals surface area contributed by atoms with Crippen LogP contribution in [0.2, 0.25) is 0 Å². The maximum absolute atomic E-state index is 12.7. The molecule has 26 heavy (non-hydrogen) atoms. The van der Waals surface area contributed by atoms with Gasteiger partial charge in [-0.1, -0.05) is 31.1 Å². The molecule has 0 spiro atoms. The van der Waals surface area contributed by atoms with Crippen molar-refractivity contribution in [1.82, 2.24) is 5.16 Å². The van der Waals surface area contributed by atoms with Crippen molar-refractivity contribution in [2.24, 2.45) is 0 Å². The Bertz CT molecular complexity index is 818. The van der Waals surface area contributed by atoms with E-state index in [0.717, 1.165) is 17.0 Å². The molecule has 0 N–H and O–H groups in total. The van der Waals surface area contributed by atoms with Gasteiger partial charge in [-0.2, -0.15) is 0 Å². The maximum Gasteiger partial charge on any atom is 0.344 e. The third-order valence-corrected chi connectivity index (χ3v) is 5.58. The fourth-order valence-corrected chi connectivity index (χ4v) is 4.06. The first-order valence-electron chi connectivity index (χ1n) is 8.69. The molecule has 0 aliphatic carbocycles. The molecular formula is C19H22N2O4S. The van der Waals surface area contributed by atoms with E-state index in [0.29, 0.717) is 35.2 Å². The number of carbonyl (C=O) groups is 2. The highest BCUT2D eigenvalue weighted by Crippen LogP contribution is 2.37. The number of benzene rings is 1. The van der Waals surface area contributed by atoms with Gasteiger partial charge in [-0.25, -0.2) is 4.79 Å². The quantitative estimate of drug-likeness (QED) is 0.761. The van der Waals surface area contributed by atoms with Gasteiger partial charge in [-0.3, -0.25) is 4.79 Å². The van der Waals surface area contributed by atoms with Crippen LogP contribution in [0.25, 0.3) is 0 Å². The van der Waals surface area contributed by atoms with Gasteiger partial charge < -0.3 is 14.2 Å².